The van der Waals surface area contributed by atoms with Crippen LogP contribution in [0.25, 0.3) is 0 Å². The lowest BCUT2D eigenvalue weighted by atomic mass is 9.78. The molecule has 2 aliphatic carbocycles. The Morgan fingerprint density at radius 1 is 1.06 bits per heavy atom. The summed E-state index contributed by atoms with van der Waals surface area (Å²) in [5, 5.41) is 6.34. The van der Waals surface area contributed by atoms with Gasteiger partial charge in [0, 0.05) is 44.2 Å². The minimum Gasteiger partial charge on any atom is -0.486 e. The first-order chi connectivity index (χ1) is 16.5. The molecule has 3 fully saturated rings. The first-order valence-electron chi connectivity index (χ1n) is 13.0. The van der Waals surface area contributed by atoms with E-state index in [1.807, 2.05) is 13.0 Å². The highest BCUT2D eigenvalue weighted by Crippen LogP contribution is 2.43. The summed E-state index contributed by atoms with van der Waals surface area (Å²) in [6.07, 6.45) is 6.73. The van der Waals surface area contributed by atoms with Crippen molar-refractivity contribution in [2.45, 2.75) is 62.9 Å². The minimum atomic E-state index is -0.107. The summed E-state index contributed by atoms with van der Waals surface area (Å²) in [4.78, 5) is 29.6. The van der Waals surface area contributed by atoms with Gasteiger partial charge in [0.2, 0.25) is 11.8 Å². The van der Waals surface area contributed by atoms with Gasteiger partial charge in [-0.3, -0.25) is 19.4 Å². The smallest absolute Gasteiger partial charge is 0.237 e. The van der Waals surface area contributed by atoms with E-state index in [0.717, 1.165) is 63.4 Å². The first-order valence-corrected chi connectivity index (χ1v) is 13.0. The number of rotatable bonds is 8. The quantitative estimate of drug-likeness (QED) is 0.602. The number of amides is 2. The van der Waals surface area contributed by atoms with Gasteiger partial charge >= 0.3 is 0 Å². The number of carbonyl (C=O) groups excluding carboxylic acids is 2. The van der Waals surface area contributed by atoms with E-state index in [1.165, 1.54) is 18.4 Å². The predicted octanol–water partition coefficient (Wildman–Crippen LogP) is 1.67. The number of piperazine rings is 1. The van der Waals surface area contributed by atoms with Crippen molar-refractivity contribution in [1.29, 1.82) is 0 Å². The van der Waals surface area contributed by atoms with Crippen molar-refractivity contribution in [1.82, 2.24) is 20.4 Å². The van der Waals surface area contributed by atoms with Crippen LogP contribution in [0.2, 0.25) is 0 Å². The number of fused-ring (bicyclic) bond motifs is 1. The molecule has 1 unspecified atom stereocenters. The lowest BCUT2D eigenvalue weighted by Crippen LogP contribution is -2.55. The molecule has 34 heavy (non-hydrogen) atoms. The second-order valence-corrected chi connectivity index (χ2v) is 10.4. The lowest BCUT2D eigenvalue weighted by molar-refractivity contribution is -0.128. The summed E-state index contributed by atoms with van der Waals surface area (Å²) >= 11 is 0. The maximum atomic E-state index is 12.9. The van der Waals surface area contributed by atoms with E-state index >= 15 is 0 Å². The molecule has 8 nitrogen and oxygen atoms in total. The number of nitrogens with one attached hydrogen (secondary N) is 2. The van der Waals surface area contributed by atoms with Crippen molar-refractivity contribution in [3.05, 3.63) is 23.8 Å². The topological polar surface area (TPSA) is 83.1 Å². The summed E-state index contributed by atoms with van der Waals surface area (Å²) in [6, 6.07) is 6.56. The maximum absolute atomic E-state index is 12.9. The fourth-order valence-corrected chi connectivity index (χ4v) is 5.54. The molecule has 8 heteroatoms. The van der Waals surface area contributed by atoms with Crippen molar-refractivity contribution in [3.63, 3.8) is 0 Å². The van der Waals surface area contributed by atoms with Gasteiger partial charge in [-0.05, 0) is 50.3 Å². The Labute approximate surface area is 202 Å². The van der Waals surface area contributed by atoms with Crippen LogP contribution in [0.5, 0.6) is 11.5 Å². The molecule has 1 aromatic rings. The van der Waals surface area contributed by atoms with Crippen molar-refractivity contribution >= 4 is 11.8 Å². The molecule has 2 saturated carbocycles. The van der Waals surface area contributed by atoms with Crippen LogP contribution < -0.4 is 20.1 Å². The summed E-state index contributed by atoms with van der Waals surface area (Å²) in [5.41, 5.74) is 1.20. The van der Waals surface area contributed by atoms with Gasteiger partial charge in [0.25, 0.3) is 0 Å². The lowest BCUT2D eigenvalue weighted by Gasteiger charge is -2.37. The number of benzene rings is 1. The molecule has 186 valence electrons. The number of nitrogens with zero attached hydrogens (tertiary/aromatic N) is 2. The summed E-state index contributed by atoms with van der Waals surface area (Å²) < 4.78 is 11.5. The predicted molar refractivity (Wildman–Crippen MR) is 129 cm³/mol. The van der Waals surface area contributed by atoms with Crippen LogP contribution in [-0.2, 0) is 15.0 Å². The monoisotopic (exact) mass is 470 g/mol. The molecule has 2 amide bonds. The highest BCUT2D eigenvalue weighted by Gasteiger charge is 2.37. The Bertz CT molecular complexity index is 889. The highest BCUT2D eigenvalue weighted by molar-refractivity contribution is 5.82. The van der Waals surface area contributed by atoms with E-state index in [-0.39, 0.29) is 23.3 Å². The molecule has 2 aliphatic heterocycles. The zero-order valence-electron chi connectivity index (χ0n) is 20.3. The van der Waals surface area contributed by atoms with Gasteiger partial charge in [-0.1, -0.05) is 18.9 Å². The summed E-state index contributed by atoms with van der Waals surface area (Å²) in [5.74, 6) is 1.84. The third-order valence-electron chi connectivity index (χ3n) is 7.96. The number of ether oxygens (including phenoxy) is 2. The number of hydrogen-bond acceptors (Lipinski definition) is 6. The van der Waals surface area contributed by atoms with Crippen molar-refractivity contribution in [3.8, 4) is 11.5 Å². The zero-order chi connectivity index (χ0) is 23.5. The van der Waals surface area contributed by atoms with Gasteiger partial charge in [-0.15, -0.1) is 0 Å². The molecule has 1 atom stereocenters. The average Bonchev–Trinajstić information content (AvgIpc) is 3.55. The second-order valence-electron chi connectivity index (χ2n) is 10.4. The van der Waals surface area contributed by atoms with Gasteiger partial charge in [-0.2, -0.15) is 0 Å². The zero-order valence-corrected chi connectivity index (χ0v) is 20.3. The Morgan fingerprint density at radius 2 is 1.76 bits per heavy atom. The third kappa shape index (κ3) is 5.33. The molecule has 0 radical (unpaired) electrons. The molecular formula is C26H38N4O4. The van der Waals surface area contributed by atoms with Crippen LogP contribution in [0.15, 0.2) is 18.2 Å². The van der Waals surface area contributed by atoms with E-state index < -0.39 is 0 Å². The molecule has 1 saturated heterocycles. The van der Waals surface area contributed by atoms with Crippen LogP contribution in [0, 0.1) is 0 Å². The van der Waals surface area contributed by atoms with Crippen LogP contribution in [-0.4, -0.2) is 86.2 Å². The Hall–Kier alpha value is -2.32. The van der Waals surface area contributed by atoms with E-state index in [0.29, 0.717) is 32.3 Å². The molecular weight excluding hydrogens is 432 g/mol. The largest absolute Gasteiger partial charge is 0.486 e. The van der Waals surface area contributed by atoms with E-state index in [1.54, 1.807) is 0 Å². The first kappa shape index (κ1) is 23.4. The second kappa shape index (κ2) is 10.1. The van der Waals surface area contributed by atoms with Gasteiger partial charge < -0.3 is 20.1 Å². The molecule has 2 N–H and O–H groups in total. The van der Waals surface area contributed by atoms with Crippen LogP contribution >= 0.6 is 0 Å². The molecule has 5 rings (SSSR count). The van der Waals surface area contributed by atoms with Gasteiger partial charge in [0.05, 0.1) is 12.6 Å². The van der Waals surface area contributed by atoms with Crippen molar-refractivity contribution in [2.75, 3.05) is 52.5 Å². The van der Waals surface area contributed by atoms with Gasteiger partial charge in [0.15, 0.2) is 11.5 Å². The Morgan fingerprint density at radius 3 is 2.47 bits per heavy atom. The maximum Gasteiger partial charge on any atom is 0.237 e. The molecule has 4 aliphatic rings. The Balaban J connectivity index is 1.11. The minimum absolute atomic E-state index is 0.0332. The van der Waals surface area contributed by atoms with Crippen LogP contribution in [0.3, 0.4) is 0 Å². The summed E-state index contributed by atoms with van der Waals surface area (Å²) in [7, 11) is 0. The van der Waals surface area contributed by atoms with Crippen LogP contribution in [0.4, 0.5) is 0 Å². The summed E-state index contributed by atoms with van der Waals surface area (Å²) in [6.45, 7) is 7.47. The van der Waals surface area contributed by atoms with Crippen molar-refractivity contribution in [2.24, 2.45) is 0 Å². The average molecular weight is 471 g/mol. The third-order valence-corrected chi connectivity index (χ3v) is 7.96. The van der Waals surface area contributed by atoms with Gasteiger partial charge in [0.1, 0.15) is 13.2 Å². The van der Waals surface area contributed by atoms with Crippen molar-refractivity contribution < 1.29 is 19.1 Å². The SMILES string of the molecule is CC(C(=O)NC1CC1)N1CCN(CC(=O)NCC2(c3ccc4c(c3)OCCO4)CCCC2)CC1. The molecule has 0 bridgehead atoms. The van der Waals surface area contributed by atoms with Crippen LogP contribution in [0.1, 0.15) is 51.0 Å². The molecule has 0 spiro atoms. The fourth-order valence-electron chi connectivity index (χ4n) is 5.54. The molecule has 2 heterocycles. The Kier molecular flexibility index (Phi) is 6.97. The molecule has 0 aromatic heterocycles. The molecule has 1 aromatic carbocycles. The normalized spacial score (nSPS) is 23.3. The van der Waals surface area contributed by atoms with Gasteiger partial charge in [-0.25, -0.2) is 0 Å². The van der Waals surface area contributed by atoms with E-state index in [9.17, 15) is 9.59 Å². The van der Waals surface area contributed by atoms with E-state index in [2.05, 4.69) is 32.6 Å². The standard InChI is InChI=1S/C26H38N4O4/c1-19(25(32)28-21-5-6-21)30-12-10-29(11-13-30)17-24(31)27-18-26(8-2-3-9-26)20-4-7-22-23(16-20)34-15-14-33-22/h4,7,16,19,21H,2-3,5-6,8-15,17-18H2,1H3,(H,27,31)(H,28,32). The number of carbonyl (C=O) groups is 2. The highest BCUT2D eigenvalue weighted by atomic mass is 16.6. The van der Waals surface area contributed by atoms with E-state index in [4.69, 9.17) is 9.47 Å². The fraction of sp³-hybridized carbons (Fsp3) is 0.692. The number of hydrogen-bond donors (Lipinski definition) is 2.